The number of hydrogen-bond acceptors (Lipinski definition) is 7. The van der Waals surface area contributed by atoms with Crippen molar-refractivity contribution in [3.8, 4) is 11.5 Å². The number of benzene rings is 3. The van der Waals surface area contributed by atoms with Crippen LogP contribution in [-0.2, 0) is 12.7 Å². The van der Waals surface area contributed by atoms with Crippen LogP contribution in [-0.4, -0.2) is 30.2 Å². The zero-order chi connectivity index (χ0) is 29.5. The van der Waals surface area contributed by atoms with E-state index in [9.17, 15) is 18.0 Å². The van der Waals surface area contributed by atoms with Gasteiger partial charge in [0.05, 0.1) is 37.7 Å². The summed E-state index contributed by atoms with van der Waals surface area (Å²) in [6.45, 7) is 4.03. The molecule has 0 fully saturated rings. The van der Waals surface area contributed by atoms with E-state index in [1.165, 1.54) is 25.2 Å². The van der Waals surface area contributed by atoms with Crippen molar-refractivity contribution in [3.05, 3.63) is 83.0 Å². The number of nitrogens with two attached hydrogens (primary N) is 1. The van der Waals surface area contributed by atoms with Gasteiger partial charge in [-0.3, -0.25) is 4.90 Å². The molecule has 2 amide bonds. The molecule has 3 N–H and O–H groups in total. The second kappa shape index (κ2) is 10.5. The van der Waals surface area contributed by atoms with E-state index in [0.717, 1.165) is 28.9 Å². The van der Waals surface area contributed by atoms with E-state index in [0.29, 0.717) is 22.7 Å². The number of nitrogens with one attached hydrogen (secondary N) is 1. The van der Waals surface area contributed by atoms with Gasteiger partial charge in [-0.1, -0.05) is 18.2 Å². The highest BCUT2D eigenvalue weighted by Gasteiger charge is 2.37. The van der Waals surface area contributed by atoms with Gasteiger partial charge in [-0.25, -0.2) is 14.7 Å². The van der Waals surface area contributed by atoms with Crippen molar-refractivity contribution in [3.63, 3.8) is 0 Å². The number of amides is 2. The Labute approximate surface area is 234 Å². The van der Waals surface area contributed by atoms with Crippen molar-refractivity contribution >= 4 is 40.5 Å². The Hall–Kier alpha value is -5.00. The predicted molar refractivity (Wildman–Crippen MR) is 150 cm³/mol. The van der Waals surface area contributed by atoms with Gasteiger partial charge in [0.15, 0.2) is 5.82 Å². The first-order chi connectivity index (χ1) is 19.5. The standard InChI is InChI=1S/C29H27F3N6O3/c1-16-6-5-7-17(2)25(16)37-15-18-14-34-27(35-19-8-10-22(33)21(12-19)29(30,31)32)36-26(18)38(28(37)39)23-11-9-20(40-3)13-24(23)41-4/h5-14H,15,33H2,1-4H3,(H,34,35,36). The topological polar surface area (TPSA) is 106 Å². The number of ether oxygens (including phenoxy) is 2. The first-order valence-electron chi connectivity index (χ1n) is 12.5. The minimum atomic E-state index is -4.64. The molecule has 5 rings (SSSR count). The second-order valence-electron chi connectivity index (χ2n) is 9.45. The summed E-state index contributed by atoms with van der Waals surface area (Å²) in [5.74, 6) is 1.13. The highest BCUT2D eigenvalue weighted by Crippen LogP contribution is 2.43. The fourth-order valence-corrected chi connectivity index (χ4v) is 4.81. The molecule has 1 aliphatic rings. The first kappa shape index (κ1) is 27.6. The summed E-state index contributed by atoms with van der Waals surface area (Å²) in [7, 11) is 2.99. The van der Waals surface area contributed by atoms with Gasteiger partial charge in [-0.15, -0.1) is 0 Å². The van der Waals surface area contributed by atoms with Crippen LogP contribution in [0.4, 0.5) is 52.5 Å². The molecule has 0 aliphatic carbocycles. The molecule has 212 valence electrons. The SMILES string of the molecule is COc1ccc(N2C(=O)N(c3c(C)cccc3C)Cc3cnc(Nc4ccc(N)c(C(F)(F)F)c4)nc32)c(OC)c1. The number of hydrogen-bond donors (Lipinski definition) is 2. The summed E-state index contributed by atoms with van der Waals surface area (Å²) in [5, 5.41) is 2.81. The number of rotatable bonds is 6. The summed E-state index contributed by atoms with van der Waals surface area (Å²) in [6.07, 6.45) is -3.09. The lowest BCUT2D eigenvalue weighted by atomic mass is 10.1. The average Bonchev–Trinajstić information content (AvgIpc) is 2.93. The average molecular weight is 565 g/mol. The minimum Gasteiger partial charge on any atom is -0.497 e. The summed E-state index contributed by atoms with van der Waals surface area (Å²) in [4.78, 5) is 26.2. The van der Waals surface area contributed by atoms with Gasteiger partial charge in [0.2, 0.25) is 5.95 Å². The van der Waals surface area contributed by atoms with E-state index in [1.54, 1.807) is 29.3 Å². The van der Waals surface area contributed by atoms with Gasteiger partial charge < -0.3 is 20.5 Å². The Morgan fingerprint density at radius 3 is 2.39 bits per heavy atom. The molecule has 1 aliphatic heterocycles. The maximum atomic E-state index is 14.2. The third-order valence-corrected chi connectivity index (χ3v) is 6.76. The van der Waals surface area contributed by atoms with Gasteiger partial charge >= 0.3 is 12.2 Å². The zero-order valence-corrected chi connectivity index (χ0v) is 22.7. The number of nitrogen functional groups attached to an aromatic ring is 1. The third kappa shape index (κ3) is 5.15. The predicted octanol–water partition coefficient (Wildman–Crippen LogP) is 6.73. The van der Waals surface area contributed by atoms with Gasteiger partial charge in [0, 0.05) is 29.2 Å². The molecule has 0 unspecified atom stereocenters. The molecule has 0 atom stereocenters. The Morgan fingerprint density at radius 2 is 1.73 bits per heavy atom. The van der Waals surface area contributed by atoms with Crippen LogP contribution in [0.25, 0.3) is 0 Å². The molecule has 0 saturated carbocycles. The lowest BCUT2D eigenvalue weighted by molar-refractivity contribution is -0.136. The van der Waals surface area contributed by atoms with Crippen LogP contribution in [0.5, 0.6) is 11.5 Å². The number of anilines is 6. The highest BCUT2D eigenvalue weighted by molar-refractivity contribution is 6.11. The van der Waals surface area contributed by atoms with Crippen LogP contribution in [0.15, 0.2) is 60.8 Å². The van der Waals surface area contributed by atoms with Crippen molar-refractivity contribution in [2.75, 3.05) is 35.1 Å². The number of aryl methyl sites for hydroxylation is 2. The highest BCUT2D eigenvalue weighted by atomic mass is 19.4. The summed E-state index contributed by atoms with van der Waals surface area (Å²) in [5.41, 5.74) is 7.82. The van der Waals surface area contributed by atoms with Gasteiger partial charge in [0.1, 0.15) is 11.5 Å². The Kier molecular flexibility index (Phi) is 7.08. The fraction of sp³-hybridized carbons (Fsp3) is 0.207. The van der Waals surface area contributed by atoms with Crippen molar-refractivity contribution < 1.29 is 27.4 Å². The number of methoxy groups -OCH3 is 2. The first-order valence-corrected chi connectivity index (χ1v) is 12.5. The minimum absolute atomic E-state index is 0.00699. The van der Waals surface area contributed by atoms with E-state index in [1.807, 2.05) is 32.0 Å². The fourth-order valence-electron chi connectivity index (χ4n) is 4.81. The van der Waals surface area contributed by atoms with Crippen molar-refractivity contribution in [1.82, 2.24) is 9.97 Å². The number of alkyl halides is 3. The monoisotopic (exact) mass is 564 g/mol. The van der Waals surface area contributed by atoms with E-state index in [4.69, 9.17) is 15.2 Å². The summed E-state index contributed by atoms with van der Waals surface area (Å²) in [6, 6.07) is 13.8. The van der Waals surface area contributed by atoms with Gasteiger partial charge in [-0.05, 0) is 55.3 Å². The molecule has 4 aromatic rings. The molecule has 0 saturated heterocycles. The quantitative estimate of drug-likeness (QED) is 0.250. The zero-order valence-electron chi connectivity index (χ0n) is 22.7. The summed E-state index contributed by atoms with van der Waals surface area (Å²) >= 11 is 0. The molecule has 0 radical (unpaired) electrons. The van der Waals surface area contributed by atoms with E-state index in [2.05, 4.69) is 15.3 Å². The number of fused-ring (bicyclic) bond motifs is 1. The Balaban J connectivity index is 1.63. The van der Waals surface area contributed by atoms with Gasteiger partial charge in [0.25, 0.3) is 0 Å². The van der Waals surface area contributed by atoms with E-state index >= 15 is 0 Å². The maximum Gasteiger partial charge on any atom is 0.418 e. The van der Waals surface area contributed by atoms with Crippen LogP contribution in [0.3, 0.4) is 0 Å². The molecule has 9 nitrogen and oxygen atoms in total. The number of carbonyl (C=O) groups excluding carboxylic acids is 1. The van der Waals surface area contributed by atoms with E-state index in [-0.39, 0.29) is 24.0 Å². The number of aromatic nitrogens is 2. The number of urea groups is 1. The van der Waals surface area contributed by atoms with E-state index < -0.39 is 23.5 Å². The lowest BCUT2D eigenvalue weighted by Crippen LogP contribution is -2.46. The Morgan fingerprint density at radius 1 is 1.00 bits per heavy atom. The second-order valence-corrected chi connectivity index (χ2v) is 9.45. The van der Waals surface area contributed by atoms with Crippen LogP contribution < -0.4 is 30.3 Å². The largest absolute Gasteiger partial charge is 0.497 e. The van der Waals surface area contributed by atoms with Crippen molar-refractivity contribution in [2.45, 2.75) is 26.6 Å². The van der Waals surface area contributed by atoms with Crippen LogP contribution in [0.2, 0.25) is 0 Å². The van der Waals surface area contributed by atoms with Gasteiger partial charge in [-0.2, -0.15) is 18.2 Å². The summed E-state index contributed by atoms with van der Waals surface area (Å²) < 4.78 is 51.2. The van der Waals surface area contributed by atoms with Crippen LogP contribution in [0, 0.1) is 13.8 Å². The molecule has 0 spiro atoms. The smallest absolute Gasteiger partial charge is 0.418 e. The molecular formula is C29H27F3N6O3. The number of carbonyl (C=O) groups is 1. The number of nitrogens with zero attached hydrogens (tertiary/aromatic N) is 4. The third-order valence-electron chi connectivity index (χ3n) is 6.76. The Bertz CT molecular complexity index is 1620. The van der Waals surface area contributed by atoms with Crippen LogP contribution in [0.1, 0.15) is 22.3 Å². The van der Waals surface area contributed by atoms with Crippen molar-refractivity contribution in [1.29, 1.82) is 0 Å². The number of para-hydroxylation sites is 1. The molecule has 2 heterocycles. The number of halogens is 3. The maximum absolute atomic E-state index is 14.2. The lowest BCUT2D eigenvalue weighted by Gasteiger charge is -2.37. The normalized spacial score (nSPS) is 13.2. The van der Waals surface area contributed by atoms with Crippen molar-refractivity contribution in [2.24, 2.45) is 0 Å². The molecule has 3 aromatic carbocycles. The molecule has 12 heteroatoms. The molecular weight excluding hydrogens is 537 g/mol. The van der Waals surface area contributed by atoms with Crippen LogP contribution >= 0.6 is 0 Å². The molecule has 1 aromatic heterocycles. The molecule has 41 heavy (non-hydrogen) atoms. The molecule has 0 bridgehead atoms.